The topological polar surface area (TPSA) is 79.1 Å². The molecule has 112 valence electrons. The van der Waals surface area contributed by atoms with Gasteiger partial charge in [-0.05, 0) is 31.2 Å². The average molecular weight is 305 g/mol. The summed E-state index contributed by atoms with van der Waals surface area (Å²) in [5, 5.41) is 19.2. The zero-order valence-corrected chi connectivity index (χ0v) is 12.5. The summed E-state index contributed by atoms with van der Waals surface area (Å²) in [5.74, 6) is -1.01. The number of hydrogen-bond acceptors (Lipinski definition) is 4. The molecule has 2 aromatic carbocycles. The number of carbonyl (C=O) groups is 1. The zero-order chi connectivity index (χ0) is 17.0. The van der Waals surface area contributed by atoms with Gasteiger partial charge in [0.1, 0.15) is 15.7 Å². The highest BCUT2D eigenvalue weighted by Crippen LogP contribution is 2.27. The molecule has 0 bridgehead atoms. The van der Waals surface area contributed by atoms with Crippen LogP contribution in [0.1, 0.15) is 22.8 Å². The molecule has 0 atom stereocenters. The molecule has 0 aliphatic carbocycles. The first-order chi connectivity index (χ1) is 10.9. The van der Waals surface area contributed by atoms with Gasteiger partial charge in [0, 0.05) is 11.8 Å². The Balaban J connectivity index is 2.43. The predicted molar refractivity (Wildman–Crippen MR) is 90.7 cm³/mol. The molecule has 23 heavy (non-hydrogen) atoms. The number of aromatic carboxylic acids is 1. The van der Waals surface area contributed by atoms with Crippen molar-refractivity contribution in [2.24, 2.45) is 4.99 Å². The Kier molecular flexibility index (Phi) is 5.11. The first-order valence-corrected chi connectivity index (χ1v) is 6.85. The maximum absolute atomic E-state index is 11.0. The van der Waals surface area contributed by atoms with Gasteiger partial charge in [0.25, 0.3) is 0 Å². The van der Waals surface area contributed by atoms with E-state index in [1.165, 1.54) is 24.4 Å². The number of phenols is 1. The van der Waals surface area contributed by atoms with Gasteiger partial charge in [-0.15, -0.1) is 0 Å². The molecular weight excluding hydrogens is 292 g/mol. The molecule has 2 aromatic rings. The van der Waals surface area contributed by atoms with Gasteiger partial charge in [0.2, 0.25) is 0 Å². The van der Waals surface area contributed by atoms with E-state index in [0.717, 1.165) is 0 Å². The molecule has 0 amide bonds. The number of phenolic OH excluding ortho intramolecular Hbond substituents is 1. The number of ether oxygens (including phenoxy) is 1. The van der Waals surface area contributed by atoms with Crippen LogP contribution in [0.25, 0.3) is 0 Å². The van der Waals surface area contributed by atoms with E-state index in [-0.39, 0.29) is 33.6 Å². The van der Waals surface area contributed by atoms with Crippen molar-refractivity contribution in [3.05, 3.63) is 41.5 Å². The Labute approximate surface area is 136 Å². The van der Waals surface area contributed by atoms with E-state index >= 15 is 0 Å². The highest BCUT2D eigenvalue weighted by Gasteiger charge is 2.12. The lowest BCUT2D eigenvalue weighted by Gasteiger charge is -2.13. The largest absolute Gasteiger partial charge is 0.504 e. The molecule has 0 aromatic heterocycles. The summed E-state index contributed by atoms with van der Waals surface area (Å²) >= 11 is 0. The van der Waals surface area contributed by atoms with E-state index in [2.05, 4.69) is 4.99 Å². The van der Waals surface area contributed by atoms with Gasteiger partial charge in [-0.25, -0.2) is 4.79 Å². The first kappa shape index (κ1) is 16.7. The van der Waals surface area contributed by atoms with Crippen LogP contribution in [-0.4, -0.2) is 44.7 Å². The molecule has 0 unspecified atom stereocenters. The van der Waals surface area contributed by atoms with Crippen molar-refractivity contribution in [1.82, 2.24) is 0 Å². The van der Waals surface area contributed by atoms with Crippen LogP contribution in [0.3, 0.4) is 0 Å². The number of carboxylic acids is 1. The summed E-state index contributed by atoms with van der Waals surface area (Å²) in [6, 6.07) is 7.51. The number of benzene rings is 2. The zero-order valence-electron chi connectivity index (χ0n) is 12.5. The van der Waals surface area contributed by atoms with Gasteiger partial charge in [0.05, 0.1) is 17.9 Å². The third-order valence-electron chi connectivity index (χ3n) is 3.11. The van der Waals surface area contributed by atoms with Crippen molar-refractivity contribution >= 4 is 44.5 Å². The second kappa shape index (κ2) is 7.05. The highest BCUT2D eigenvalue weighted by atomic mass is 16.5. The summed E-state index contributed by atoms with van der Waals surface area (Å²) in [4.78, 5) is 15.1. The molecule has 7 heteroatoms. The monoisotopic (exact) mass is 305 g/mol. The molecule has 2 N–H and O–H groups in total. The molecule has 0 fully saturated rings. The number of carboxylic acid groups (broad SMARTS) is 1. The van der Waals surface area contributed by atoms with E-state index in [1.54, 1.807) is 19.1 Å². The fourth-order valence-corrected chi connectivity index (χ4v) is 1.96. The Morgan fingerprint density at radius 3 is 2.74 bits per heavy atom. The summed E-state index contributed by atoms with van der Waals surface area (Å²) in [6.45, 7) is 2.13. The van der Waals surface area contributed by atoms with E-state index in [4.69, 9.17) is 25.5 Å². The maximum Gasteiger partial charge on any atom is 0.335 e. The van der Waals surface area contributed by atoms with Gasteiger partial charge in [-0.1, -0.05) is 17.0 Å². The van der Waals surface area contributed by atoms with Crippen LogP contribution in [0, 0.1) is 0 Å². The Bertz CT molecular complexity index is 775. The van der Waals surface area contributed by atoms with E-state index in [9.17, 15) is 9.90 Å². The number of rotatable bonds is 5. The number of aliphatic imine (C=N–C) groups is 1. The Hall–Kier alpha value is -2.69. The van der Waals surface area contributed by atoms with Crippen molar-refractivity contribution in [3.8, 4) is 11.5 Å². The number of hydrogen-bond donors (Lipinski definition) is 2. The smallest absolute Gasteiger partial charge is 0.335 e. The normalized spacial score (nSPS) is 10.8. The fourth-order valence-electron chi connectivity index (χ4n) is 1.96. The molecule has 0 saturated heterocycles. The van der Waals surface area contributed by atoms with Crippen molar-refractivity contribution in [2.45, 2.75) is 6.92 Å². The second-order valence-electron chi connectivity index (χ2n) is 4.69. The second-order valence-corrected chi connectivity index (χ2v) is 4.69. The lowest BCUT2D eigenvalue weighted by Crippen LogP contribution is -2.29. The molecule has 5 nitrogen and oxygen atoms in total. The van der Waals surface area contributed by atoms with Crippen LogP contribution < -0.4 is 15.7 Å². The van der Waals surface area contributed by atoms with Crippen LogP contribution in [0.5, 0.6) is 11.5 Å². The maximum atomic E-state index is 11.0. The van der Waals surface area contributed by atoms with Gasteiger partial charge in [0.15, 0.2) is 11.5 Å². The van der Waals surface area contributed by atoms with E-state index in [1.807, 2.05) is 0 Å². The van der Waals surface area contributed by atoms with Gasteiger partial charge < -0.3 is 14.9 Å². The van der Waals surface area contributed by atoms with Crippen LogP contribution >= 0.6 is 0 Å². The van der Waals surface area contributed by atoms with Crippen molar-refractivity contribution in [1.29, 1.82) is 0 Å². The number of aromatic hydroxyl groups is 1. The van der Waals surface area contributed by atoms with E-state index < -0.39 is 5.97 Å². The Morgan fingerprint density at radius 2 is 2.09 bits per heavy atom. The molecule has 0 saturated carbocycles. The average Bonchev–Trinajstić information content (AvgIpc) is 2.53. The van der Waals surface area contributed by atoms with Crippen molar-refractivity contribution in [2.75, 3.05) is 6.61 Å². The molecule has 0 heterocycles. The van der Waals surface area contributed by atoms with Crippen LogP contribution in [0.2, 0.25) is 0 Å². The van der Waals surface area contributed by atoms with Gasteiger partial charge in [-0.2, -0.15) is 0 Å². The summed E-state index contributed by atoms with van der Waals surface area (Å²) in [5.41, 5.74) is 1.16. The fraction of sp³-hybridized carbons (Fsp3) is 0.125. The molecule has 0 aliphatic heterocycles. The van der Waals surface area contributed by atoms with Gasteiger partial charge in [-0.3, -0.25) is 4.99 Å². The van der Waals surface area contributed by atoms with Crippen molar-refractivity contribution in [3.63, 3.8) is 0 Å². The van der Waals surface area contributed by atoms with E-state index in [0.29, 0.717) is 12.3 Å². The summed E-state index contributed by atoms with van der Waals surface area (Å²) in [7, 11) is 11.7. The Morgan fingerprint density at radius 1 is 1.35 bits per heavy atom. The minimum absolute atomic E-state index is 0.111. The van der Waals surface area contributed by atoms with Crippen LogP contribution in [0.15, 0.2) is 35.3 Å². The minimum atomic E-state index is -1.05. The summed E-state index contributed by atoms with van der Waals surface area (Å²) < 4.78 is 5.29. The van der Waals surface area contributed by atoms with Crippen LogP contribution in [0.4, 0.5) is 5.69 Å². The highest BCUT2D eigenvalue weighted by molar-refractivity contribution is 6.50. The third kappa shape index (κ3) is 3.74. The third-order valence-corrected chi connectivity index (χ3v) is 3.11. The molecule has 0 aliphatic rings. The minimum Gasteiger partial charge on any atom is -0.504 e. The van der Waals surface area contributed by atoms with Gasteiger partial charge >= 0.3 is 5.97 Å². The SMILES string of the molecule is [B]c1cc(OCC)c(O)c(C=Nc2cccc(C(=O)O)c2)c1[B]. The molecule has 2 rings (SSSR count). The first-order valence-electron chi connectivity index (χ1n) is 6.85. The molecular formula is C16H13B2NO4. The lowest BCUT2D eigenvalue weighted by molar-refractivity contribution is 0.0697. The number of nitrogens with zero attached hydrogens (tertiary/aromatic N) is 1. The summed E-state index contributed by atoms with van der Waals surface area (Å²) in [6.07, 6.45) is 1.32. The predicted octanol–water partition coefficient (Wildman–Crippen LogP) is 0.827. The van der Waals surface area contributed by atoms with Crippen LogP contribution in [-0.2, 0) is 0 Å². The quantitative estimate of drug-likeness (QED) is 0.633. The standard InChI is InChI=1S/C16H13B2NO4/c1-2-23-13-7-12(17)14(18)11(15(13)20)8-19-10-5-3-4-9(6-10)16(21)22/h3-8,20H,2H2,1H3,(H,21,22). The molecule has 4 radical (unpaired) electrons. The molecule has 0 spiro atoms. The van der Waals surface area contributed by atoms with Crippen molar-refractivity contribution < 1.29 is 19.7 Å². The lowest BCUT2D eigenvalue weighted by atomic mass is 9.77.